The lowest BCUT2D eigenvalue weighted by Gasteiger charge is -2.47. The number of nitrogens with zero attached hydrogens (tertiary/aromatic N) is 4. The Labute approximate surface area is 164 Å². The van der Waals surface area contributed by atoms with Crippen LogP contribution in [0.15, 0.2) is 12.3 Å². The van der Waals surface area contributed by atoms with Crippen molar-refractivity contribution < 1.29 is 4.39 Å². The van der Waals surface area contributed by atoms with E-state index in [1.54, 1.807) is 0 Å². The van der Waals surface area contributed by atoms with Crippen molar-refractivity contribution in [3.05, 3.63) is 23.8 Å². The van der Waals surface area contributed by atoms with Crippen molar-refractivity contribution in [2.24, 2.45) is 5.41 Å². The number of nitrogens with one attached hydrogen (secondary N) is 2. The predicted octanol–water partition coefficient (Wildman–Crippen LogP) is 2.49. The zero-order chi connectivity index (χ0) is 19.0. The molecule has 3 fully saturated rings. The second-order valence-electron chi connectivity index (χ2n) is 8.18. The van der Waals surface area contributed by atoms with E-state index in [1.807, 2.05) is 0 Å². The molecule has 1 aromatic heterocycles. The largest absolute Gasteiger partial charge is 0.367 e. The van der Waals surface area contributed by atoms with Crippen LogP contribution in [0.3, 0.4) is 0 Å². The topological polar surface area (TPSA) is 70.3 Å². The summed E-state index contributed by atoms with van der Waals surface area (Å²) >= 11 is 0.997. The molecule has 1 aliphatic carbocycles. The Morgan fingerprint density at radius 3 is 2.74 bits per heavy atom. The lowest BCUT2D eigenvalue weighted by Crippen LogP contribution is -2.54. The number of likely N-dealkylation sites (tertiary alicyclic amines) is 1. The summed E-state index contributed by atoms with van der Waals surface area (Å²) in [5.74, 6) is -0.379. The molecule has 2 aliphatic heterocycles. The maximum absolute atomic E-state index is 13.8. The average Bonchev–Trinajstić information content (AvgIpc) is 3.07. The minimum atomic E-state index is -0.379. The summed E-state index contributed by atoms with van der Waals surface area (Å²) < 4.78 is 13.8. The molecular weight excluding hydrogens is 363 g/mol. The molecule has 3 aliphatic rings. The third-order valence-corrected chi connectivity index (χ3v) is 6.83. The molecule has 0 amide bonds. The summed E-state index contributed by atoms with van der Waals surface area (Å²) in [5.41, 5.74) is 2.83. The molecule has 1 aromatic rings. The third-order valence-electron chi connectivity index (χ3n) is 6.28. The van der Waals surface area contributed by atoms with Gasteiger partial charge >= 0.3 is 0 Å². The standard InChI is InChI=1S/C19H27FN6S/c1-24-11-19(12-24)3-2-15(9-19)25-4-6-26(7-5-25)16-8-14(20)10-23-17(16)18(22)27-13-21/h8,10,13,15,21-22H,2-7,9,11-12H2,1H3. The van der Waals surface area contributed by atoms with E-state index in [1.165, 1.54) is 38.4 Å². The summed E-state index contributed by atoms with van der Waals surface area (Å²) in [7, 11) is 2.20. The molecule has 8 heteroatoms. The molecule has 0 radical (unpaired) electrons. The van der Waals surface area contributed by atoms with Crippen LogP contribution in [0, 0.1) is 22.1 Å². The van der Waals surface area contributed by atoms with E-state index in [9.17, 15) is 4.39 Å². The lowest BCUT2D eigenvalue weighted by molar-refractivity contribution is 0.0204. The van der Waals surface area contributed by atoms with Crippen LogP contribution in [0.1, 0.15) is 25.0 Å². The minimum Gasteiger partial charge on any atom is -0.367 e. The molecule has 3 heterocycles. The fraction of sp³-hybridized carbons (Fsp3) is 0.632. The molecule has 0 bridgehead atoms. The first-order valence-corrected chi connectivity index (χ1v) is 10.5. The number of anilines is 1. The van der Waals surface area contributed by atoms with Gasteiger partial charge in [-0.15, -0.1) is 0 Å². The minimum absolute atomic E-state index is 0.189. The maximum Gasteiger partial charge on any atom is 0.143 e. The van der Waals surface area contributed by atoms with Gasteiger partial charge in [-0.1, -0.05) is 11.8 Å². The van der Waals surface area contributed by atoms with Gasteiger partial charge in [0.1, 0.15) is 16.6 Å². The Morgan fingerprint density at radius 2 is 2.07 bits per heavy atom. The molecule has 1 atom stereocenters. The van der Waals surface area contributed by atoms with Gasteiger partial charge in [0.15, 0.2) is 0 Å². The first-order chi connectivity index (χ1) is 13.0. The van der Waals surface area contributed by atoms with Gasteiger partial charge in [-0.2, -0.15) is 0 Å². The van der Waals surface area contributed by atoms with Crippen molar-refractivity contribution in [2.75, 3.05) is 51.2 Å². The first kappa shape index (κ1) is 18.8. The van der Waals surface area contributed by atoms with Crippen LogP contribution in [0.5, 0.6) is 0 Å². The monoisotopic (exact) mass is 390 g/mol. The highest BCUT2D eigenvalue weighted by Gasteiger charge is 2.48. The predicted molar refractivity (Wildman–Crippen MR) is 109 cm³/mol. The summed E-state index contributed by atoms with van der Waals surface area (Å²) in [4.78, 5) is 11.3. The third kappa shape index (κ3) is 3.75. The summed E-state index contributed by atoms with van der Waals surface area (Å²) in [6.07, 6.45) is 5.10. The summed E-state index contributed by atoms with van der Waals surface area (Å²) in [6.45, 7) is 6.08. The van der Waals surface area contributed by atoms with Crippen LogP contribution in [0.4, 0.5) is 10.1 Å². The van der Waals surface area contributed by atoms with E-state index in [4.69, 9.17) is 10.8 Å². The highest BCUT2D eigenvalue weighted by Crippen LogP contribution is 2.46. The highest BCUT2D eigenvalue weighted by atomic mass is 32.2. The Hall–Kier alpha value is -1.51. The molecule has 6 nitrogen and oxygen atoms in total. The lowest BCUT2D eigenvalue weighted by atomic mass is 9.78. The molecule has 1 unspecified atom stereocenters. The number of hydrogen-bond acceptors (Lipinski definition) is 7. The van der Waals surface area contributed by atoms with E-state index >= 15 is 0 Å². The van der Waals surface area contributed by atoms with Crippen molar-refractivity contribution >= 4 is 28.0 Å². The quantitative estimate of drug-likeness (QED) is 0.611. The van der Waals surface area contributed by atoms with Crippen LogP contribution in [-0.2, 0) is 0 Å². The van der Waals surface area contributed by atoms with Gasteiger partial charge in [0.25, 0.3) is 0 Å². The van der Waals surface area contributed by atoms with Gasteiger partial charge in [0, 0.05) is 51.4 Å². The summed E-state index contributed by atoms with van der Waals surface area (Å²) in [6, 6.07) is 2.16. The number of thioether (sulfide) groups is 1. The van der Waals surface area contributed by atoms with E-state index < -0.39 is 0 Å². The molecule has 1 spiro atoms. The van der Waals surface area contributed by atoms with Gasteiger partial charge in [0.05, 0.1) is 17.4 Å². The number of halogens is 1. The fourth-order valence-electron chi connectivity index (χ4n) is 5.16. The Bertz CT molecular complexity index is 727. The molecule has 4 rings (SSSR count). The Kier molecular flexibility index (Phi) is 5.22. The molecular formula is C19H27FN6S. The van der Waals surface area contributed by atoms with E-state index in [0.717, 1.165) is 49.7 Å². The first-order valence-electron chi connectivity index (χ1n) is 9.57. The molecule has 146 valence electrons. The Morgan fingerprint density at radius 1 is 1.33 bits per heavy atom. The van der Waals surface area contributed by atoms with Crippen LogP contribution in [-0.4, -0.2) is 77.7 Å². The van der Waals surface area contributed by atoms with Gasteiger partial charge in [-0.25, -0.2) is 9.37 Å². The van der Waals surface area contributed by atoms with Crippen molar-refractivity contribution in [3.63, 3.8) is 0 Å². The van der Waals surface area contributed by atoms with Gasteiger partial charge in [0.2, 0.25) is 0 Å². The summed E-state index contributed by atoms with van der Waals surface area (Å²) in [5, 5.41) is 15.5. The van der Waals surface area contributed by atoms with Crippen molar-refractivity contribution in [1.29, 1.82) is 10.8 Å². The molecule has 1 saturated carbocycles. The van der Waals surface area contributed by atoms with Gasteiger partial charge in [-0.3, -0.25) is 10.3 Å². The normalized spacial score (nSPS) is 25.6. The van der Waals surface area contributed by atoms with Crippen molar-refractivity contribution in [2.45, 2.75) is 25.3 Å². The second kappa shape index (κ2) is 7.48. The van der Waals surface area contributed by atoms with E-state index in [-0.39, 0.29) is 10.9 Å². The van der Waals surface area contributed by atoms with Crippen LogP contribution >= 0.6 is 11.8 Å². The maximum atomic E-state index is 13.8. The van der Waals surface area contributed by atoms with Gasteiger partial charge in [-0.05, 0) is 31.7 Å². The van der Waals surface area contributed by atoms with Crippen molar-refractivity contribution in [3.8, 4) is 0 Å². The van der Waals surface area contributed by atoms with Crippen LogP contribution in [0.25, 0.3) is 0 Å². The second-order valence-corrected chi connectivity index (χ2v) is 9.06. The van der Waals surface area contributed by atoms with E-state index in [2.05, 4.69) is 26.7 Å². The highest BCUT2D eigenvalue weighted by molar-refractivity contribution is 8.25. The number of rotatable bonds is 4. The van der Waals surface area contributed by atoms with Crippen molar-refractivity contribution in [1.82, 2.24) is 14.8 Å². The molecule has 27 heavy (non-hydrogen) atoms. The van der Waals surface area contributed by atoms with Crippen LogP contribution in [0.2, 0.25) is 0 Å². The number of aromatic nitrogens is 1. The zero-order valence-electron chi connectivity index (χ0n) is 15.7. The number of pyridine rings is 1. The smallest absolute Gasteiger partial charge is 0.143 e. The zero-order valence-corrected chi connectivity index (χ0v) is 16.6. The average molecular weight is 391 g/mol. The van der Waals surface area contributed by atoms with E-state index in [0.29, 0.717) is 22.8 Å². The Balaban J connectivity index is 1.40. The molecule has 2 N–H and O–H groups in total. The number of piperazine rings is 1. The van der Waals surface area contributed by atoms with Gasteiger partial charge < -0.3 is 15.2 Å². The SMILES string of the molecule is CN1CC2(CCC(N3CCN(c4cc(F)cnc4C(=N)SC=N)CC3)C2)C1. The molecule has 2 saturated heterocycles. The number of hydrogen-bond donors (Lipinski definition) is 2. The fourth-order valence-corrected chi connectivity index (χ4v) is 5.55. The van der Waals surface area contributed by atoms with Crippen LogP contribution < -0.4 is 4.90 Å². The molecule has 0 aromatic carbocycles.